The van der Waals surface area contributed by atoms with Gasteiger partial charge in [-0.2, -0.15) is 0 Å². The van der Waals surface area contributed by atoms with Gasteiger partial charge in [0.1, 0.15) is 0 Å². The fourth-order valence-electron chi connectivity index (χ4n) is 4.44. The van der Waals surface area contributed by atoms with Gasteiger partial charge in [-0.15, -0.1) is 0 Å². The van der Waals surface area contributed by atoms with E-state index in [-0.39, 0.29) is 18.0 Å². The first-order valence-electron chi connectivity index (χ1n) is 12.1. The standard InChI is InChI=1S/C28H33N5O2/c1-29-28(35)31-25-14-12-24(13-15-25)30-26(34)16-17-32-18-20-33(21-19-32)27(22-8-4-2-5-9-22)23-10-6-3-7-11-23/h2-15,27H,16-21H2,1H3,(H,30,34)(H2,29,31,35). The van der Waals surface area contributed by atoms with E-state index in [9.17, 15) is 9.59 Å². The third-order valence-electron chi connectivity index (χ3n) is 6.31. The van der Waals surface area contributed by atoms with Gasteiger partial charge in [-0.3, -0.25) is 9.69 Å². The SMILES string of the molecule is CNC(=O)Nc1ccc(NC(=O)CCN2CCN(C(c3ccccc3)c3ccccc3)CC2)cc1. The van der Waals surface area contributed by atoms with Crippen molar-refractivity contribution < 1.29 is 9.59 Å². The van der Waals surface area contributed by atoms with Crippen molar-refractivity contribution in [1.29, 1.82) is 0 Å². The molecule has 3 N–H and O–H groups in total. The number of nitrogens with one attached hydrogen (secondary N) is 3. The van der Waals surface area contributed by atoms with Gasteiger partial charge < -0.3 is 20.9 Å². The van der Waals surface area contributed by atoms with Gasteiger partial charge in [0.15, 0.2) is 0 Å². The molecule has 0 aromatic heterocycles. The molecule has 1 heterocycles. The van der Waals surface area contributed by atoms with Gasteiger partial charge in [-0.05, 0) is 35.4 Å². The quantitative estimate of drug-likeness (QED) is 0.461. The number of nitrogens with zero attached hydrogens (tertiary/aromatic N) is 2. The molecule has 3 aromatic rings. The lowest BCUT2D eigenvalue weighted by Crippen LogP contribution is -2.48. The molecule has 0 atom stereocenters. The minimum atomic E-state index is -0.277. The van der Waals surface area contributed by atoms with Crippen molar-refractivity contribution in [1.82, 2.24) is 15.1 Å². The van der Waals surface area contributed by atoms with Gasteiger partial charge in [0, 0.05) is 57.6 Å². The average molecular weight is 472 g/mol. The largest absolute Gasteiger partial charge is 0.341 e. The molecular formula is C28H33N5O2. The van der Waals surface area contributed by atoms with Crippen LogP contribution in [0.15, 0.2) is 84.9 Å². The molecule has 1 aliphatic heterocycles. The van der Waals surface area contributed by atoms with Crippen LogP contribution in [0.3, 0.4) is 0 Å². The second-order valence-electron chi connectivity index (χ2n) is 8.68. The Hall–Kier alpha value is -3.68. The minimum absolute atomic E-state index is 0.00844. The van der Waals surface area contributed by atoms with Crippen molar-refractivity contribution >= 4 is 23.3 Å². The van der Waals surface area contributed by atoms with Crippen LogP contribution < -0.4 is 16.0 Å². The number of anilines is 2. The maximum absolute atomic E-state index is 12.5. The molecule has 1 saturated heterocycles. The molecular weight excluding hydrogens is 438 g/mol. The number of carbonyl (C=O) groups is 2. The van der Waals surface area contributed by atoms with E-state index < -0.39 is 0 Å². The van der Waals surface area contributed by atoms with E-state index in [1.807, 2.05) is 0 Å². The lowest BCUT2D eigenvalue weighted by molar-refractivity contribution is -0.116. The van der Waals surface area contributed by atoms with Gasteiger partial charge in [0.2, 0.25) is 5.91 Å². The number of benzene rings is 3. The minimum Gasteiger partial charge on any atom is -0.341 e. The van der Waals surface area contributed by atoms with Crippen LogP contribution in [0.25, 0.3) is 0 Å². The molecule has 0 radical (unpaired) electrons. The molecule has 0 spiro atoms. The van der Waals surface area contributed by atoms with E-state index in [0.717, 1.165) is 38.4 Å². The highest BCUT2D eigenvalue weighted by Gasteiger charge is 2.26. The average Bonchev–Trinajstić information content (AvgIpc) is 2.91. The lowest BCUT2D eigenvalue weighted by atomic mass is 9.96. The highest BCUT2D eigenvalue weighted by atomic mass is 16.2. The summed E-state index contributed by atoms with van der Waals surface area (Å²) in [5, 5.41) is 8.15. The molecule has 1 aliphatic rings. The van der Waals surface area contributed by atoms with Crippen LogP contribution in [0.1, 0.15) is 23.6 Å². The van der Waals surface area contributed by atoms with E-state index in [2.05, 4.69) is 86.4 Å². The first-order valence-corrected chi connectivity index (χ1v) is 12.1. The summed E-state index contributed by atoms with van der Waals surface area (Å²) in [6.45, 7) is 4.51. The Bertz CT molecular complexity index is 1040. The number of urea groups is 1. The summed E-state index contributed by atoms with van der Waals surface area (Å²) in [5.41, 5.74) is 4.01. The summed E-state index contributed by atoms with van der Waals surface area (Å²) < 4.78 is 0. The normalized spacial score (nSPS) is 14.5. The van der Waals surface area contributed by atoms with E-state index in [0.29, 0.717) is 12.1 Å². The molecule has 7 heteroatoms. The molecule has 182 valence electrons. The Labute approximate surface area is 207 Å². The predicted octanol–water partition coefficient (Wildman–Crippen LogP) is 4.17. The van der Waals surface area contributed by atoms with Crippen LogP contribution >= 0.6 is 0 Å². The Morgan fingerprint density at radius 1 is 0.743 bits per heavy atom. The second-order valence-corrected chi connectivity index (χ2v) is 8.68. The predicted molar refractivity (Wildman–Crippen MR) is 141 cm³/mol. The van der Waals surface area contributed by atoms with Crippen LogP contribution in [0.4, 0.5) is 16.2 Å². The molecule has 3 aromatic carbocycles. The van der Waals surface area contributed by atoms with Gasteiger partial charge in [0.25, 0.3) is 0 Å². The fourth-order valence-corrected chi connectivity index (χ4v) is 4.44. The molecule has 4 rings (SSSR count). The van der Waals surface area contributed by atoms with Crippen molar-refractivity contribution in [2.75, 3.05) is 50.4 Å². The topological polar surface area (TPSA) is 76.7 Å². The molecule has 0 aliphatic carbocycles. The summed E-state index contributed by atoms with van der Waals surface area (Å²) in [7, 11) is 1.56. The third kappa shape index (κ3) is 6.91. The maximum Gasteiger partial charge on any atom is 0.318 e. The zero-order valence-electron chi connectivity index (χ0n) is 20.1. The first-order chi connectivity index (χ1) is 17.1. The third-order valence-corrected chi connectivity index (χ3v) is 6.31. The molecule has 0 saturated carbocycles. The van der Waals surface area contributed by atoms with Crippen molar-refractivity contribution in [3.05, 3.63) is 96.1 Å². The fraction of sp³-hybridized carbons (Fsp3) is 0.286. The highest BCUT2D eigenvalue weighted by molar-refractivity contribution is 5.92. The smallest absolute Gasteiger partial charge is 0.318 e. The summed E-state index contributed by atoms with van der Waals surface area (Å²) in [4.78, 5) is 28.8. The van der Waals surface area contributed by atoms with Crippen molar-refractivity contribution in [2.24, 2.45) is 0 Å². The number of hydrogen-bond donors (Lipinski definition) is 3. The second kappa shape index (κ2) is 12.1. The van der Waals surface area contributed by atoms with Crippen LogP contribution in [0, 0.1) is 0 Å². The molecule has 0 bridgehead atoms. The zero-order valence-corrected chi connectivity index (χ0v) is 20.1. The van der Waals surface area contributed by atoms with Crippen LogP contribution in [0.5, 0.6) is 0 Å². The van der Waals surface area contributed by atoms with Gasteiger partial charge in [-0.1, -0.05) is 60.7 Å². The molecule has 7 nitrogen and oxygen atoms in total. The van der Waals surface area contributed by atoms with Crippen LogP contribution in [-0.2, 0) is 4.79 Å². The number of carbonyl (C=O) groups excluding carboxylic acids is 2. The summed E-state index contributed by atoms with van der Waals surface area (Å²) >= 11 is 0. The lowest BCUT2D eigenvalue weighted by Gasteiger charge is -2.39. The Kier molecular flexibility index (Phi) is 8.48. The molecule has 35 heavy (non-hydrogen) atoms. The highest BCUT2D eigenvalue weighted by Crippen LogP contribution is 2.29. The number of amides is 3. The van der Waals surface area contributed by atoms with E-state index in [4.69, 9.17) is 0 Å². The summed E-state index contributed by atoms with van der Waals surface area (Å²) in [5.74, 6) is -0.00844. The Morgan fingerprint density at radius 2 is 1.26 bits per heavy atom. The number of rotatable bonds is 8. The van der Waals surface area contributed by atoms with Gasteiger partial charge in [0.05, 0.1) is 6.04 Å². The number of piperazine rings is 1. The molecule has 0 unspecified atom stereocenters. The Morgan fingerprint density at radius 3 is 1.77 bits per heavy atom. The maximum atomic E-state index is 12.5. The van der Waals surface area contributed by atoms with E-state index in [1.165, 1.54) is 11.1 Å². The van der Waals surface area contributed by atoms with Crippen LogP contribution in [-0.4, -0.2) is 61.5 Å². The Balaban J connectivity index is 1.26. The van der Waals surface area contributed by atoms with Crippen molar-refractivity contribution in [2.45, 2.75) is 12.5 Å². The van der Waals surface area contributed by atoms with Gasteiger partial charge >= 0.3 is 6.03 Å². The monoisotopic (exact) mass is 471 g/mol. The van der Waals surface area contributed by atoms with Crippen LogP contribution in [0.2, 0.25) is 0 Å². The number of hydrogen-bond acceptors (Lipinski definition) is 4. The summed E-state index contributed by atoms with van der Waals surface area (Å²) in [6, 6.07) is 28.4. The van der Waals surface area contributed by atoms with E-state index >= 15 is 0 Å². The van der Waals surface area contributed by atoms with Crippen molar-refractivity contribution in [3.63, 3.8) is 0 Å². The van der Waals surface area contributed by atoms with Crippen molar-refractivity contribution in [3.8, 4) is 0 Å². The molecule has 1 fully saturated rings. The first kappa shape index (κ1) is 24.4. The summed E-state index contributed by atoms with van der Waals surface area (Å²) in [6.07, 6.45) is 0.443. The molecule has 3 amide bonds. The van der Waals surface area contributed by atoms with E-state index in [1.54, 1.807) is 31.3 Å². The van der Waals surface area contributed by atoms with Gasteiger partial charge in [-0.25, -0.2) is 4.79 Å². The zero-order chi connectivity index (χ0) is 24.5.